The summed E-state index contributed by atoms with van der Waals surface area (Å²) in [6.07, 6.45) is 4.29. The molecule has 1 saturated heterocycles. The zero-order valence-corrected chi connectivity index (χ0v) is 7.60. The molecule has 5 nitrogen and oxygen atoms in total. The number of rotatable bonds is 1. The van der Waals surface area contributed by atoms with Crippen LogP contribution in [-0.4, -0.2) is 33.1 Å². The van der Waals surface area contributed by atoms with Gasteiger partial charge in [0.2, 0.25) is 0 Å². The second-order valence-electron chi connectivity index (χ2n) is 3.44. The molecule has 1 N–H and O–H groups in total. The lowest BCUT2D eigenvalue weighted by Crippen LogP contribution is -1.99. The summed E-state index contributed by atoms with van der Waals surface area (Å²) in [5, 5.41) is 0. The highest BCUT2D eigenvalue weighted by Crippen LogP contribution is 2.23. The van der Waals surface area contributed by atoms with Crippen LogP contribution in [0.15, 0.2) is 12.5 Å². The number of hydrogen-bond donors (Lipinski definition) is 1. The first-order valence-electron chi connectivity index (χ1n) is 4.67. The number of nitrogens with zero attached hydrogens (tertiary/aromatic N) is 3. The smallest absolute Gasteiger partial charge is 0.180 e. The predicted molar refractivity (Wildman–Crippen MR) is 49.9 cm³/mol. The molecule has 1 aliphatic rings. The van der Waals surface area contributed by atoms with Crippen molar-refractivity contribution in [2.45, 2.75) is 12.3 Å². The number of H-pyrrole nitrogens is 1. The van der Waals surface area contributed by atoms with Crippen molar-refractivity contribution in [1.29, 1.82) is 0 Å². The Hall–Kier alpha value is -1.49. The van der Waals surface area contributed by atoms with E-state index in [1.807, 2.05) is 0 Å². The van der Waals surface area contributed by atoms with Crippen LogP contribution in [0.5, 0.6) is 0 Å². The Labute approximate surface area is 80.5 Å². The number of imidazole rings is 1. The first kappa shape index (κ1) is 7.87. The number of nitrogens with one attached hydrogen (secondary N) is 1. The first-order chi connectivity index (χ1) is 6.93. The Balaban J connectivity index is 2.05. The Kier molecular flexibility index (Phi) is 1.70. The number of ether oxygens (including phenoxy) is 1. The topological polar surface area (TPSA) is 63.7 Å². The van der Waals surface area contributed by atoms with Gasteiger partial charge in [0.15, 0.2) is 5.65 Å². The van der Waals surface area contributed by atoms with Gasteiger partial charge in [0.25, 0.3) is 0 Å². The summed E-state index contributed by atoms with van der Waals surface area (Å²) in [5.41, 5.74) is 1.64. The minimum Gasteiger partial charge on any atom is -0.381 e. The van der Waals surface area contributed by atoms with Crippen molar-refractivity contribution >= 4 is 11.2 Å². The lowest BCUT2D eigenvalue weighted by molar-refractivity contribution is 0.193. The number of hydrogen-bond acceptors (Lipinski definition) is 4. The highest BCUT2D eigenvalue weighted by atomic mass is 16.5. The molecular weight excluding hydrogens is 180 g/mol. The summed E-state index contributed by atoms with van der Waals surface area (Å²) in [5.74, 6) is 1.36. The average molecular weight is 190 g/mol. The zero-order valence-electron chi connectivity index (χ0n) is 7.60. The molecule has 1 aliphatic heterocycles. The summed E-state index contributed by atoms with van der Waals surface area (Å²) in [7, 11) is 0. The molecule has 0 radical (unpaired) electrons. The predicted octanol–water partition coefficient (Wildman–Crippen LogP) is 0.857. The monoisotopic (exact) mass is 190 g/mol. The van der Waals surface area contributed by atoms with Gasteiger partial charge in [-0.05, 0) is 6.42 Å². The van der Waals surface area contributed by atoms with Crippen LogP contribution in [-0.2, 0) is 4.74 Å². The molecule has 3 rings (SSSR count). The Morgan fingerprint density at radius 1 is 1.50 bits per heavy atom. The average Bonchev–Trinajstić information content (AvgIpc) is 2.86. The quantitative estimate of drug-likeness (QED) is 0.724. The van der Waals surface area contributed by atoms with E-state index in [9.17, 15) is 0 Å². The van der Waals surface area contributed by atoms with Crippen molar-refractivity contribution in [1.82, 2.24) is 19.9 Å². The summed E-state index contributed by atoms with van der Waals surface area (Å²) >= 11 is 0. The molecule has 0 aromatic carbocycles. The standard InChI is InChI=1S/C9H10N4O/c1-2-14-4-6(1)8-12-7-3-10-5-11-9(7)13-8/h3,5-6H,1-2,4H2,(H,10,11,12,13). The van der Waals surface area contributed by atoms with Crippen LogP contribution >= 0.6 is 0 Å². The van der Waals surface area contributed by atoms with Gasteiger partial charge in [0, 0.05) is 12.5 Å². The summed E-state index contributed by atoms with van der Waals surface area (Å²) in [4.78, 5) is 15.6. The van der Waals surface area contributed by atoms with Crippen LogP contribution in [0.3, 0.4) is 0 Å². The maximum Gasteiger partial charge on any atom is 0.180 e. The fourth-order valence-corrected chi connectivity index (χ4v) is 1.72. The molecule has 1 atom stereocenters. The largest absolute Gasteiger partial charge is 0.381 e. The molecule has 14 heavy (non-hydrogen) atoms. The molecule has 2 aromatic rings. The lowest BCUT2D eigenvalue weighted by Gasteiger charge is -2.00. The number of aromatic nitrogens is 4. The molecule has 5 heteroatoms. The molecule has 1 unspecified atom stereocenters. The van der Waals surface area contributed by atoms with Crippen molar-refractivity contribution in [3.8, 4) is 0 Å². The van der Waals surface area contributed by atoms with Gasteiger partial charge in [0.1, 0.15) is 17.7 Å². The van der Waals surface area contributed by atoms with E-state index in [1.165, 1.54) is 6.33 Å². The van der Waals surface area contributed by atoms with Crippen LogP contribution in [0, 0.1) is 0 Å². The van der Waals surface area contributed by atoms with Gasteiger partial charge in [-0.3, -0.25) is 0 Å². The zero-order chi connectivity index (χ0) is 9.38. The van der Waals surface area contributed by atoms with Crippen molar-refractivity contribution in [2.75, 3.05) is 13.2 Å². The van der Waals surface area contributed by atoms with Crippen molar-refractivity contribution < 1.29 is 4.74 Å². The molecule has 0 bridgehead atoms. The van der Waals surface area contributed by atoms with Crippen molar-refractivity contribution in [3.63, 3.8) is 0 Å². The van der Waals surface area contributed by atoms with Crippen LogP contribution in [0.2, 0.25) is 0 Å². The van der Waals surface area contributed by atoms with E-state index < -0.39 is 0 Å². The van der Waals surface area contributed by atoms with Gasteiger partial charge in [-0.2, -0.15) is 0 Å². The highest BCUT2D eigenvalue weighted by molar-refractivity contribution is 5.68. The van der Waals surface area contributed by atoms with Gasteiger partial charge >= 0.3 is 0 Å². The van der Waals surface area contributed by atoms with Crippen LogP contribution in [0.4, 0.5) is 0 Å². The summed E-state index contributed by atoms with van der Waals surface area (Å²) in [6, 6.07) is 0. The Bertz CT molecular complexity index is 414. The Morgan fingerprint density at radius 3 is 3.29 bits per heavy atom. The minimum atomic E-state index is 0.393. The molecular formula is C9H10N4O. The SMILES string of the molecule is c1ncc2[nH]c(C3CCOC3)nc2n1. The fourth-order valence-electron chi connectivity index (χ4n) is 1.72. The summed E-state index contributed by atoms with van der Waals surface area (Å²) in [6.45, 7) is 1.58. The molecule has 1 fully saturated rings. The van der Waals surface area contributed by atoms with Gasteiger partial charge < -0.3 is 9.72 Å². The fraction of sp³-hybridized carbons (Fsp3) is 0.444. The highest BCUT2D eigenvalue weighted by Gasteiger charge is 2.21. The van der Waals surface area contributed by atoms with E-state index in [1.54, 1.807) is 6.20 Å². The van der Waals surface area contributed by atoms with Crippen LogP contribution in [0.25, 0.3) is 11.2 Å². The number of fused-ring (bicyclic) bond motifs is 1. The number of aromatic amines is 1. The molecule has 0 saturated carbocycles. The van der Waals surface area contributed by atoms with E-state index in [0.29, 0.717) is 5.92 Å². The second kappa shape index (κ2) is 3.02. The molecule has 3 heterocycles. The van der Waals surface area contributed by atoms with Crippen LogP contribution in [0.1, 0.15) is 18.2 Å². The minimum absolute atomic E-state index is 0.393. The van der Waals surface area contributed by atoms with Gasteiger partial charge in [-0.15, -0.1) is 0 Å². The maximum atomic E-state index is 5.31. The third-order valence-corrected chi connectivity index (χ3v) is 2.50. The molecule has 0 aliphatic carbocycles. The normalized spacial score (nSPS) is 21.9. The van der Waals surface area contributed by atoms with Gasteiger partial charge in [-0.25, -0.2) is 15.0 Å². The van der Waals surface area contributed by atoms with E-state index >= 15 is 0 Å². The summed E-state index contributed by atoms with van der Waals surface area (Å²) < 4.78 is 5.31. The van der Waals surface area contributed by atoms with E-state index in [2.05, 4.69) is 19.9 Å². The third kappa shape index (κ3) is 1.17. The van der Waals surface area contributed by atoms with Gasteiger partial charge in [-0.1, -0.05) is 0 Å². The third-order valence-electron chi connectivity index (χ3n) is 2.50. The van der Waals surface area contributed by atoms with E-state index in [-0.39, 0.29) is 0 Å². The first-order valence-corrected chi connectivity index (χ1v) is 4.67. The molecule has 2 aromatic heterocycles. The molecule has 0 spiro atoms. The Morgan fingerprint density at radius 2 is 2.50 bits per heavy atom. The van der Waals surface area contributed by atoms with Crippen molar-refractivity contribution in [3.05, 3.63) is 18.3 Å². The molecule has 0 amide bonds. The van der Waals surface area contributed by atoms with Gasteiger partial charge in [0.05, 0.1) is 12.8 Å². The second-order valence-corrected chi connectivity index (χ2v) is 3.44. The van der Waals surface area contributed by atoms with E-state index in [4.69, 9.17) is 4.74 Å². The molecule has 72 valence electrons. The van der Waals surface area contributed by atoms with Crippen LogP contribution < -0.4 is 0 Å². The lowest BCUT2D eigenvalue weighted by atomic mass is 10.1. The van der Waals surface area contributed by atoms with E-state index in [0.717, 1.165) is 36.6 Å². The van der Waals surface area contributed by atoms with Crippen molar-refractivity contribution in [2.24, 2.45) is 0 Å². The maximum absolute atomic E-state index is 5.31.